The topological polar surface area (TPSA) is 0 Å². The molecule has 0 aliphatic rings. The smallest absolute Gasteiger partial charge is 0.0100 e. The third-order valence-corrected chi connectivity index (χ3v) is 4.71. The molecule has 0 saturated carbocycles. The Balaban J connectivity index is 3.12. The summed E-state index contributed by atoms with van der Waals surface area (Å²) >= 11 is 1.99. The van der Waals surface area contributed by atoms with Crippen molar-refractivity contribution in [1.29, 1.82) is 0 Å². The summed E-state index contributed by atoms with van der Waals surface area (Å²) in [7, 11) is 0. The Bertz CT molecular complexity index is 200. The Kier molecular flexibility index (Phi) is 11.0. The third-order valence-electron chi connectivity index (χ3n) is 3.40. The van der Waals surface area contributed by atoms with Crippen molar-refractivity contribution in [1.82, 2.24) is 0 Å². The standard InChI is InChI=1S/C16H30S/c1-5-6-7-8-9-10-11-12-13-14-15-16(2,3)17-4/h1H,6-15H2,2-4H3. The fourth-order valence-electron chi connectivity index (χ4n) is 1.94. The van der Waals surface area contributed by atoms with Gasteiger partial charge in [0.1, 0.15) is 0 Å². The monoisotopic (exact) mass is 254 g/mol. The van der Waals surface area contributed by atoms with Crippen molar-refractivity contribution < 1.29 is 0 Å². The molecule has 0 amide bonds. The quantitative estimate of drug-likeness (QED) is 0.338. The van der Waals surface area contributed by atoms with Crippen molar-refractivity contribution in [3.63, 3.8) is 0 Å². The van der Waals surface area contributed by atoms with Crippen molar-refractivity contribution in [2.75, 3.05) is 6.26 Å². The summed E-state index contributed by atoms with van der Waals surface area (Å²) in [6.45, 7) is 4.70. The maximum atomic E-state index is 5.22. The van der Waals surface area contributed by atoms with Crippen molar-refractivity contribution in [3.05, 3.63) is 0 Å². The van der Waals surface area contributed by atoms with Crippen LogP contribution in [0, 0.1) is 12.3 Å². The van der Waals surface area contributed by atoms with Gasteiger partial charge in [-0.3, -0.25) is 0 Å². The first-order chi connectivity index (χ1) is 8.12. The lowest BCUT2D eigenvalue weighted by Gasteiger charge is -2.21. The fraction of sp³-hybridized carbons (Fsp3) is 0.875. The minimum absolute atomic E-state index is 0.481. The van der Waals surface area contributed by atoms with Gasteiger partial charge in [-0.1, -0.05) is 58.8 Å². The summed E-state index contributed by atoms with van der Waals surface area (Å²) in [4.78, 5) is 0. The fourth-order valence-corrected chi connectivity index (χ4v) is 2.29. The molecule has 0 spiro atoms. The first kappa shape index (κ1) is 16.9. The molecule has 0 aromatic heterocycles. The summed E-state index contributed by atoms with van der Waals surface area (Å²) in [6.07, 6.45) is 20.7. The number of unbranched alkanes of at least 4 members (excludes halogenated alkanes) is 8. The molecular weight excluding hydrogens is 224 g/mol. The number of rotatable bonds is 11. The van der Waals surface area contributed by atoms with Crippen LogP contribution in [0.2, 0.25) is 0 Å². The third kappa shape index (κ3) is 12.2. The second-order valence-corrected chi connectivity index (χ2v) is 7.01. The predicted octanol–water partition coefficient (Wildman–Crippen LogP) is 5.66. The second-order valence-electron chi connectivity index (χ2n) is 5.50. The lowest BCUT2D eigenvalue weighted by molar-refractivity contribution is 0.531. The van der Waals surface area contributed by atoms with Gasteiger partial charge in [0, 0.05) is 11.2 Å². The van der Waals surface area contributed by atoms with Crippen molar-refractivity contribution in [3.8, 4) is 12.3 Å². The molecular formula is C16H30S. The van der Waals surface area contributed by atoms with Gasteiger partial charge >= 0.3 is 0 Å². The van der Waals surface area contributed by atoms with E-state index < -0.39 is 0 Å². The summed E-state index contributed by atoms with van der Waals surface area (Å²) in [5, 5.41) is 0. The van der Waals surface area contributed by atoms with Crippen LogP contribution in [0.4, 0.5) is 0 Å². The zero-order valence-electron chi connectivity index (χ0n) is 12.1. The van der Waals surface area contributed by atoms with Gasteiger partial charge < -0.3 is 0 Å². The highest BCUT2D eigenvalue weighted by molar-refractivity contribution is 7.99. The molecule has 0 aromatic carbocycles. The van der Waals surface area contributed by atoms with Crippen LogP contribution < -0.4 is 0 Å². The molecule has 17 heavy (non-hydrogen) atoms. The molecule has 0 aromatic rings. The maximum absolute atomic E-state index is 5.22. The van der Waals surface area contributed by atoms with E-state index in [4.69, 9.17) is 6.42 Å². The molecule has 1 heteroatoms. The van der Waals surface area contributed by atoms with Crippen molar-refractivity contribution in [2.45, 2.75) is 82.8 Å². The Morgan fingerprint density at radius 1 is 0.882 bits per heavy atom. The van der Waals surface area contributed by atoms with E-state index in [1.807, 2.05) is 11.8 Å². The summed E-state index contributed by atoms with van der Waals surface area (Å²) < 4.78 is 0.481. The van der Waals surface area contributed by atoms with Crippen LogP contribution in [0.25, 0.3) is 0 Å². The summed E-state index contributed by atoms with van der Waals surface area (Å²) in [6, 6.07) is 0. The van der Waals surface area contributed by atoms with Crippen LogP contribution in [0.5, 0.6) is 0 Å². The molecule has 0 N–H and O–H groups in total. The minimum atomic E-state index is 0.481. The Morgan fingerprint density at radius 2 is 1.35 bits per heavy atom. The van der Waals surface area contributed by atoms with E-state index >= 15 is 0 Å². The SMILES string of the molecule is C#CCCCCCCCCCCC(C)(C)SC. The molecule has 0 fully saturated rings. The van der Waals surface area contributed by atoms with E-state index in [-0.39, 0.29) is 0 Å². The van der Waals surface area contributed by atoms with Gasteiger partial charge in [-0.25, -0.2) is 0 Å². The number of thioether (sulfide) groups is 1. The number of terminal acetylenes is 1. The van der Waals surface area contributed by atoms with Crippen molar-refractivity contribution >= 4 is 11.8 Å². The first-order valence-electron chi connectivity index (χ1n) is 7.11. The maximum Gasteiger partial charge on any atom is 0.0100 e. The summed E-state index contributed by atoms with van der Waals surface area (Å²) in [5.74, 6) is 2.70. The van der Waals surface area contributed by atoms with E-state index in [2.05, 4.69) is 26.0 Å². The first-order valence-corrected chi connectivity index (χ1v) is 8.33. The lowest BCUT2D eigenvalue weighted by Crippen LogP contribution is -2.13. The van der Waals surface area contributed by atoms with Crippen molar-refractivity contribution in [2.24, 2.45) is 0 Å². The average molecular weight is 254 g/mol. The molecule has 0 saturated heterocycles. The van der Waals surface area contributed by atoms with Crippen LogP contribution in [0.1, 0.15) is 78.1 Å². The van der Waals surface area contributed by atoms with Gasteiger partial charge in [0.15, 0.2) is 0 Å². The second kappa shape index (κ2) is 11.0. The highest BCUT2D eigenvalue weighted by atomic mass is 32.2. The van der Waals surface area contributed by atoms with Gasteiger partial charge in [0.2, 0.25) is 0 Å². The van der Waals surface area contributed by atoms with E-state index in [1.165, 1.54) is 57.8 Å². The number of hydrogen-bond acceptors (Lipinski definition) is 1. The zero-order chi connectivity index (χ0) is 13.0. The molecule has 0 bridgehead atoms. The molecule has 0 aliphatic carbocycles. The van der Waals surface area contributed by atoms with Crippen LogP contribution >= 0.6 is 11.8 Å². The van der Waals surface area contributed by atoms with Gasteiger partial charge in [-0.05, 0) is 19.1 Å². The van der Waals surface area contributed by atoms with Crippen LogP contribution in [-0.4, -0.2) is 11.0 Å². The molecule has 100 valence electrons. The van der Waals surface area contributed by atoms with Gasteiger partial charge in [-0.15, -0.1) is 12.3 Å². The molecule has 0 rings (SSSR count). The largest absolute Gasteiger partial charge is 0.159 e. The molecule has 0 heterocycles. The molecule has 0 radical (unpaired) electrons. The lowest BCUT2D eigenvalue weighted by atomic mass is 10.0. The highest BCUT2D eigenvalue weighted by Crippen LogP contribution is 2.27. The van der Waals surface area contributed by atoms with E-state index in [0.29, 0.717) is 4.75 Å². The Labute approximate surface area is 113 Å². The van der Waals surface area contributed by atoms with Crippen LogP contribution in [0.3, 0.4) is 0 Å². The van der Waals surface area contributed by atoms with Gasteiger partial charge in [-0.2, -0.15) is 11.8 Å². The average Bonchev–Trinajstić information content (AvgIpc) is 2.31. The molecule has 0 nitrogen and oxygen atoms in total. The Morgan fingerprint density at radius 3 is 1.82 bits per heavy atom. The molecule has 0 unspecified atom stereocenters. The predicted molar refractivity (Wildman–Crippen MR) is 82.6 cm³/mol. The molecule has 0 atom stereocenters. The van der Waals surface area contributed by atoms with E-state index in [1.54, 1.807) is 0 Å². The normalized spacial score (nSPS) is 11.4. The van der Waals surface area contributed by atoms with E-state index in [9.17, 15) is 0 Å². The minimum Gasteiger partial charge on any atom is -0.159 e. The van der Waals surface area contributed by atoms with E-state index in [0.717, 1.165) is 6.42 Å². The summed E-state index contributed by atoms with van der Waals surface area (Å²) in [5.41, 5.74) is 0. The van der Waals surface area contributed by atoms with Crippen LogP contribution in [-0.2, 0) is 0 Å². The number of hydrogen-bond donors (Lipinski definition) is 0. The highest BCUT2D eigenvalue weighted by Gasteiger charge is 2.14. The van der Waals surface area contributed by atoms with Gasteiger partial charge in [0.05, 0.1) is 0 Å². The Hall–Kier alpha value is -0.0900. The molecule has 0 aliphatic heterocycles. The van der Waals surface area contributed by atoms with Crippen LogP contribution in [0.15, 0.2) is 0 Å². The zero-order valence-corrected chi connectivity index (χ0v) is 12.9. The van der Waals surface area contributed by atoms with Gasteiger partial charge in [0.25, 0.3) is 0 Å².